The van der Waals surface area contributed by atoms with E-state index in [1.807, 2.05) is 13.0 Å². The Labute approximate surface area is 155 Å². The van der Waals surface area contributed by atoms with Crippen LogP contribution in [0.25, 0.3) is 0 Å². The van der Waals surface area contributed by atoms with Crippen LogP contribution in [-0.2, 0) is 21.5 Å². The van der Waals surface area contributed by atoms with Gasteiger partial charge in [0.2, 0.25) is 0 Å². The lowest BCUT2D eigenvalue weighted by atomic mass is 9.59. The summed E-state index contributed by atoms with van der Waals surface area (Å²) in [5.74, 6) is 2.00. The molecule has 5 nitrogen and oxygen atoms in total. The van der Waals surface area contributed by atoms with Gasteiger partial charge < -0.3 is 19.1 Å². The van der Waals surface area contributed by atoms with E-state index in [0.29, 0.717) is 12.3 Å². The molecule has 1 aromatic carbocycles. The van der Waals surface area contributed by atoms with Crippen molar-refractivity contribution in [2.45, 2.75) is 63.7 Å². The highest BCUT2D eigenvalue weighted by Crippen LogP contribution is 2.59. The molecule has 1 aliphatic carbocycles. The summed E-state index contributed by atoms with van der Waals surface area (Å²) in [6.07, 6.45) is 3.12. The molecule has 0 bridgehead atoms. The predicted octanol–water partition coefficient (Wildman–Crippen LogP) is 3.28. The highest BCUT2D eigenvalue weighted by Gasteiger charge is 2.58. The number of rotatable bonds is 3. The van der Waals surface area contributed by atoms with Gasteiger partial charge in [0, 0.05) is 30.4 Å². The molecular formula is C21H29NO4. The number of carbonyl (C=O) groups is 1. The van der Waals surface area contributed by atoms with E-state index in [9.17, 15) is 4.79 Å². The van der Waals surface area contributed by atoms with Crippen molar-refractivity contribution in [2.24, 2.45) is 5.92 Å². The van der Waals surface area contributed by atoms with Gasteiger partial charge in [0.25, 0.3) is 0 Å². The monoisotopic (exact) mass is 359 g/mol. The summed E-state index contributed by atoms with van der Waals surface area (Å²) in [7, 11) is 3.89. The van der Waals surface area contributed by atoms with E-state index in [1.54, 1.807) is 7.11 Å². The molecule has 1 unspecified atom stereocenters. The third-order valence-electron chi connectivity index (χ3n) is 6.63. The number of hydrogen-bond donors (Lipinski definition) is 0. The maximum absolute atomic E-state index is 11.8. The standard InChI is InChI=1S/C21H29NO4/c1-5-18(23)25-15-10-13(2)21-8-9-22(3)12-14-6-7-16(24-4)20(19(14)21)26-17(21)11-15/h6-7,13,15,17H,5,8-12H2,1-4H3/t13?,15-,17-,21+/m0/s1. The van der Waals surface area contributed by atoms with Crippen molar-refractivity contribution in [2.75, 3.05) is 20.7 Å². The van der Waals surface area contributed by atoms with E-state index in [4.69, 9.17) is 14.2 Å². The number of esters is 1. The summed E-state index contributed by atoms with van der Waals surface area (Å²) in [6.45, 7) is 6.12. The molecule has 1 aromatic rings. The first-order chi connectivity index (χ1) is 12.5. The minimum atomic E-state index is -0.118. The molecule has 4 atom stereocenters. The molecular weight excluding hydrogens is 330 g/mol. The second kappa shape index (κ2) is 6.45. The van der Waals surface area contributed by atoms with Gasteiger partial charge in [-0.15, -0.1) is 0 Å². The third-order valence-corrected chi connectivity index (χ3v) is 6.63. The van der Waals surface area contributed by atoms with Crippen LogP contribution in [0.5, 0.6) is 11.5 Å². The lowest BCUT2D eigenvalue weighted by molar-refractivity contribution is -0.154. The van der Waals surface area contributed by atoms with Gasteiger partial charge in [0.05, 0.1) is 7.11 Å². The first kappa shape index (κ1) is 17.7. The normalized spacial score (nSPS) is 32.8. The van der Waals surface area contributed by atoms with Crippen molar-refractivity contribution in [1.29, 1.82) is 0 Å². The van der Waals surface area contributed by atoms with Crippen LogP contribution in [0.15, 0.2) is 12.1 Å². The van der Waals surface area contributed by atoms with Gasteiger partial charge in [0.1, 0.15) is 12.2 Å². The van der Waals surface area contributed by atoms with Crippen molar-refractivity contribution in [3.8, 4) is 11.5 Å². The van der Waals surface area contributed by atoms with Gasteiger partial charge in [-0.25, -0.2) is 0 Å². The molecule has 4 rings (SSSR count). The summed E-state index contributed by atoms with van der Waals surface area (Å²) in [4.78, 5) is 14.2. The van der Waals surface area contributed by atoms with Crippen LogP contribution in [-0.4, -0.2) is 43.8 Å². The van der Waals surface area contributed by atoms with E-state index in [2.05, 4.69) is 24.9 Å². The van der Waals surface area contributed by atoms with Gasteiger partial charge in [-0.3, -0.25) is 4.79 Å². The number of carbonyl (C=O) groups excluding carboxylic acids is 1. The maximum atomic E-state index is 11.8. The molecule has 2 heterocycles. The number of nitrogens with zero attached hydrogens (tertiary/aromatic N) is 1. The SMILES string of the molecule is CCC(=O)O[C@H]1CC(C)[C@@]23CCN(C)Cc4ccc(OC)c(c42)O[C@H]3C1. The van der Waals surface area contributed by atoms with Gasteiger partial charge >= 0.3 is 5.97 Å². The predicted molar refractivity (Wildman–Crippen MR) is 98.6 cm³/mol. The summed E-state index contributed by atoms with van der Waals surface area (Å²) < 4.78 is 17.8. The summed E-state index contributed by atoms with van der Waals surface area (Å²) in [6, 6.07) is 4.22. The lowest BCUT2D eigenvalue weighted by Gasteiger charge is -2.46. The minimum Gasteiger partial charge on any atom is -0.493 e. The summed E-state index contributed by atoms with van der Waals surface area (Å²) in [5.41, 5.74) is 2.68. The Morgan fingerprint density at radius 3 is 2.92 bits per heavy atom. The minimum absolute atomic E-state index is 0.0148. The summed E-state index contributed by atoms with van der Waals surface area (Å²) >= 11 is 0. The smallest absolute Gasteiger partial charge is 0.305 e. The first-order valence-electron chi connectivity index (χ1n) is 9.74. The van der Waals surface area contributed by atoms with Crippen LogP contribution < -0.4 is 9.47 Å². The zero-order chi connectivity index (χ0) is 18.5. The Hall–Kier alpha value is -1.75. The molecule has 1 spiro atoms. The zero-order valence-corrected chi connectivity index (χ0v) is 16.2. The van der Waals surface area contributed by atoms with Gasteiger partial charge in [-0.05, 0) is 44.0 Å². The molecule has 0 radical (unpaired) electrons. The molecule has 0 N–H and O–H groups in total. The van der Waals surface area contributed by atoms with Crippen LogP contribution >= 0.6 is 0 Å². The van der Waals surface area contributed by atoms with Gasteiger partial charge in [-0.1, -0.05) is 19.9 Å². The fourth-order valence-corrected chi connectivity index (χ4v) is 5.34. The summed E-state index contributed by atoms with van der Waals surface area (Å²) in [5, 5.41) is 0. The quantitative estimate of drug-likeness (QED) is 0.775. The molecule has 0 amide bonds. The Bertz CT molecular complexity index is 718. The molecule has 2 aliphatic heterocycles. The van der Waals surface area contributed by atoms with E-state index in [-0.39, 0.29) is 23.6 Å². The maximum Gasteiger partial charge on any atom is 0.305 e. The van der Waals surface area contributed by atoms with Crippen molar-refractivity contribution >= 4 is 5.97 Å². The number of benzene rings is 1. The van der Waals surface area contributed by atoms with Crippen LogP contribution in [0.4, 0.5) is 0 Å². The molecule has 3 aliphatic rings. The average molecular weight is 359 g/mol. The lowest BCUT2D eigenvalue weighted by Crippen LogP contribution is -2.52. The van der Waals surface area contributed by atoms with E-state index in [1.165, 1.54) is 11.1 Å². The number of hydrogen-bond acceptors (Lipinski definition) is 5. The molecule has 5 heteroatoms. The van der Waals surface area contributed by atoms with Crippen molar-refractivity contribution in [1.82, 2.24) is 4.90 Å². The molecule has 142 valence electrons. The van der Waals surface area contributed by atoms with Crippen LogP contribution in [0.3, 0.4) is 0 Å². The molecule has 0 aromatic heterocycles. The fourth-order valence-electron chi connectivity index (χ4n) is 5.34. The fraction of sp³-hybridized carbons (Fsp3) is 0.667. The Morgan fingerprint density at radius 1 is 1.38 bits per heavy atom. The highest BCUT2D eigenvalue weighted by molar-refractivity contribution is 5.69. The van der Waals surface area contributed by atoms with Crippen molar-refractivity contribution < 1.29 is 19.0 Å². The van der Waals surface area contributed by atoms with Gasteiger partial charge in [0.15, 0.2) is 11.5 Å². The first-order valence-corrected chi connectivity index (χ1v) is 9.74. The molecule has 0 saturated heterocycles. The highest BCUT2D eigenvalue weighted by atomic mass is 16.6. The third kappa shape index (κ3) is 2.51. The topological polar surface area (TPSA) is 48.0 Å². The van der Waals surface area contributed by atoms with Crippen LogP contribution in [0, 0.1) is 5.92 Å². The Balaban J connectivity index is 1.77. The van der Waals surface area contributed by atoms with Crippen LogP contribution in [0.2, 0.25) is 0 Å². The number of ether oxygens (including phenoxy) is 3. The molecule has 26 heavy (non-hydrogen) atoms. The van der Waals surface area contributed by atoms with Crippen LogP contribution in [0.1, 0.15) is 50.7 Å². The van der Waals surface area contributed by atoms with Crippen molar-refractivity contribution in [3.05, 3.63) is 23.3 Å². The molecule has 1 saturated carbocycles. The zero-order valence-electron chi connectivity index (χ0n) is 16.2. The second-order valence-electron chi connectivity index (χ2n) is 8.10. The Morgan fingerprint density at radius 2 is 2.19 bits per heavy atom. The number of methoxy groups -OCH3 is 1. The van der Waals surface area contributed by atoms with E-state index >= 15 is 0 Å². The van der Waals surface area contributed by atoms with Crippen molar-refractivity contribution in [3.63, 3.8) is 0 Å². The van der Waals surface area contributed by atoms with E-state index < -0.39 is 0 Å². The second-order valence-corrected chi connectivity index (χ2v) is 8.10. The van der Waals surface area contributed by atoms with Gasteiger partial charge in [-0.2, -0.15) is 0 Å². The average Bonchev–Trinajstić information content (AvgIpc) is 2.87. The molecule has 1 fully saturated rings. The van der Waals surface area contributed by atoms with E-state index in [0.717, 1.165) is 43.9 Å². The Kier molecular flexibility index (Phi) is 4.38. The largest absolute Gasteiger partial charge is 0.493 e.